The third kappa shape index (κ3) is 6.39. The summed E-state index contributed by atoms with van der Waals surface area (Å²) in [6.45, 7) is 0.686. The van der Waals surface area contributed by atoms with Crippen molar-refractivity contribution in [2.45, 2.75) is 20.1 Å². The third-order valence-corrected chi connectivity index (χ3v) is 5.24. The molecule has 0 radical (unpaired) electrons. The summed E-state index contributed by atoms with van der Waals surface area (Å²) in [5.74, 6) is -0.992. The van der Waals surface area contributed by atoms with Crippen molar-refractivity contribution >= 4 is 31.0 Å². The van der Waals surface area contributed by atoms with Crippen LogP contribution in [0.5, 0.6) is 11.5 Å². The summed E-state index contributed by atoms with van der Waals surface area (Å²) in [7, 11) is -4.83. The molecule has 1 heterocycles. The first-order chi connectivity index (χ1) is 15.5. The largest absolute Gasteiger partial charge is 0.471 e. The highest BCUT2D eigenvalue weighted by atomic mass is 35.5. The monoisotopic (exact) mass is 513 g/mol. The first-order valence-corrected chi connectivity index (χ1v) is 11.4. The van der Waals surface area contributed by atoms with Gasteiger partial charge in [0.1, 0.15) is 5.75 Å². The Hall–Kier alpha value is -2.77. The van der Waals surface area contributed by atoms with Crippen LogP contribution >= 0.6 is 31.0 Å². The molecule has 0 aliphatic carbocycles. The molecule has 2 N–H and O–H groups in total. The van der Waals surface area contributed by atoms with Gasteiger partial charge in [-0.2, -0.15) is 10.4 Å². The number of benzene rings is 2. The average molecular weight is 514 g/mol. The van der Waals surface area contributed by atoms with Gasteiger partial charge in [-0.1, -0.05) is 29.3 Å². The maximum atomic E-state index is 15.2. The Kier molecular flexibility index (Phi) is 7.55. The van der Waals surface area contributed by atoms with Crippen LogP contribution in [0, 0.1) is 24.1 Å². The van der Waals surface area contributed by atoms with E-state index in [1.807, 2.05) is 6.07 Å². The van der Waals surface area contributed by atoms with E-state index in [0.717, 1.165) is 4.68 Å². The fraction of sp³-hybridized carbons (Fsp3) is 0.150. The molecule has 0 aliphatic rings. The number of aromatic nitrogens is 2. The Balaban J connectivity index is 1.94. The molecular weight excluding hydrogens is 499 g/mol. The van der Waals surface area contributed by atoms with Crippen molar-refractivity contribution in [1.29, 1.82) is 5.26 Å². The lowest BCUT2D eigenvalue weighted by atomic mass is 10.1. The van der Waals surface area contributed by atoms with Gasteiger partial charge < -0.3 is 14.5 Å². The number of nitriles is 1. The summed E-state index contributed by atoms with van der Waals surface area (Å²) in [6.07, 6.45) is -0.102. The van der Waals surface area contributed by atoms with Crippen LogP contribution in [0.25, 0.3) is 0 Å². The van der Waals surface area contributed by atoms with Crippen molar-refractivity contribution < 1.29 is 28.0 Å². The molecule has 33 heavy (non-hydrogen) atoms. The highest BCUT2D eigenvalue weighted by Gasteiger charge is 2.19. The number of rotatable bonds is 7. The summed E-state index contributed by atoms with van der Waals surface area (Å²) < 4.78 is 36.8. The lowest BCUT2D eigenvalue weighted by Gasteiger charge is -2.13. The van der Waals surface area contributed by atoms with E-state index >= 15 is 4.39 Å². The van der Waals surface area contributed by atoms with Crippen LogP contribution < -0.4 is 10.3 Å². The molecule has 0 unspecified atom stereocenters. The maximum Gasteiger partial charge on any atom is 0.471 e. The molecule has 0 saturated heterocycles. The number of hydrogen-bond donors (Lipinski definition) is 2. The van der Waals surface area contributed by atoms with Gasteiger partial charge in [-0.25, -0.2) is 13.6 Å². The quantitative estimate of drug-likeness (QED) is 0.446. The molecule has 9 nitrogen and oxygen atoms in total. The lowest BCUT2D eigenvalue weighted by molar-refractivity contribution is 0.141. The predicted molar refractivity (Wildman–Crippen MR) is 117 cm³/mol. The number of nitrogens with zero attached hydrogens (tertiary/aromatic N) is 3. The Morgan fingerprint density at radius 3 is 2.64 bits per heavy atom. The first-order valence-electron chi connectivity index (χ1n) is 9.10. The van der Waals surface area contributed by atoms with Crippen molar-refractivity contribution in [3.63, 3.8) is 0 Å². The highest BCUT2D eigenvalue weighted by molar-refractivity contribution is 7.46. The van der Waals surface area contributed by atoms with Gasteiger partial charge in [0, 0.05) is 17.0 Å². The van der Waals surface area contributed by atoms with Crippen molar-refractivity contribution in [2.24, 2.45) is 0 Å². The van der Waals surface area contributed by atoms with E-state index in [4.69, 9.17) is 43.0 Å². The number of hydrogen-bond acceptors (Lipinski definition) is 6. The van der Waals surface area contributed by atoms with Crippen LogP contribution in [0.4, 0.5) is 4.39 Å². The Morgan fingerprint density at radius 1 is 1.24 bits per heavy atom. The van der Waals surface area contributed by atoms with Crippen molar-refractivity contribution in [2.75, 3.05) is 0 Å². The second kappa shape index (κ2) is 10.0. The number of aryl methyl sites for hydroxylation is 1. The number of phosphoric acid groups is 1. The highest BCUT2D eigenvalue weighted by Crippen LogP contribution is 2.37. The van der Waals surface area contributed by atoms with Gasteiger partial charge in [0.05, 0.1) is 22.3 Å². The summed E-state index contributed by atoms with van der Waals surface area (Å²) in [4.78, 5) is 29.9. The minimum atomic E-state index is -4.83. The Bertz CT molecular complexity index is 1370. The molecule has 0 aliphatic heterocycles. The maximum absolute atomic E-state index is 15.2. The zero-order valence-electron chi connectivity index (χ0n) is 16.8. The molecule has 2 aromatic carbocycles. The van der Waals surface area contributed by atoms with Crippen molar-refractivity contribution in [1.82, 2.24) is 9.78 Å². The molecule has 0 fully saturated rings. The van der Waals surface area contributed by atoms with E-state index in [1.165, 1.54) is 43.3 Å². The molecule has 3 rings (SSSR count). The number of halogens is 3. The summed E-state index contributed by atoms with van der Waals surface area (Å²) in [5, 5.41) is 13.2. The number of ether oxygens (including phenoxy) is 1. The summed E-state index contributed by atoms with van der Waals surface area (Å²) >= 11 is 12.1. The van der Waals surface area contributed by atoms with E-state index in [2.05, 4.69) is 9.62 Å². The van der Waals surface area contributed by atoms with Crippen LogP contribution in [-0.2, 0) is 22.2 Å². The van der Waals surface area contributed by atoms with Gasteiger partial charge in [-0.15, -0.1) is 0 Å². The van der Waals surface area contributed by atoms with E-state index in [9.17, 15) is 9.36 Å². The van der Waals surface area contributed by atoms with E-state index < -0.39 is 25.9 Å². The molecule has 0 spiro atoms. The molecule has 13 heteroatoms. The fourth-order valence-corrected chi connectivity index (χ4v) is 3.52. The standard InChI is InChI=1S/C20H15Cl2FN3O6P/c1-11-4-15(25-26(20(11)27)10-31-33(28,29)30)7-13-2-3-17(22)19(18(13)23)32-16-6-12(9-24)5-14(21)8-16/h2-6,8H,7,10H2,1H3,(H2,28,29,30). The number of phosphoric ester groups is 1. The zero-order chi connectivity index (χ0) is 24.3. The minimum absolute atomic E-state index is 0.0288. The molecular formula is C20H15Cl2FN3O6P. The van der Waals surface area contributed by atoms with Crippen LogP contribution in [0.3, 0.4) is 0 Å². The predicted octanol–water partition coefficient (Wildman–Crippen LogP) is 4.32. The zero-order valence-corrected chi connectivity index (χ0v) is 19.2. The SMILES string of the molecule is Cc1cc(Cc2ccc(Cl)c(Oc3cc(Cl)cc(C#N)c3)c2F)nn(COP(=O)(O)O)c1=O. The smallest absolute Gasteiger partial charge is 0.453 e. The van der Waals surface area contributed by atoms with Gasteiger partial charge in [-0.05, 0) is 42.8 Å². The van der Waals surface area contributed by atoms with Gasteiger partial charge in [0.25, 0.3) is 5.56 Å². The molecule has 0 amide bonds. The third-order valence-electron chi connectivity index (χ3n) is 4.27. The molecule has 172 valence electrons. The summed E-state index contributed by atoms with van der Waals surface area (Å²) in [5.41, 5.74) is 0.142. The van der Waals surface area contributed by atoms with E-state index in [0.29, 0.717) is 0 Å². The average Bonchev–Trinajstić information content (AvgIpc) is 2.73. The molecule has 0 saturated carbocycles. The molecule has 3 aromatic rings. The Labute approximate surface area is 196 Å². The second-order valence-electron chi connectivity index (χ2n) is 6.79. The molecule has 0 bridgehead atoms. The molecule has 0 atom stereocenters. The minimum Gasteiger partial charge on any atom is -0.453 e. The Morgan fingerprint density at radius 2 is 1.97 bits per heavy atom. The van der Waals surface area contributed by atoms with Crippen LogP contribution in [-0.4, -0.2) is 19.6 Å². The molecule has 1 aromatic heterocycles. The van der Waals surface area contributed by atoms with Gasteiger partial charge in [0.2, 0.25) is 0 Å². The van der Waals surface area contributed by atoms with E-state index in [-0.39, 0.29) is 50.3 Å². The van der Waals surface area contributed by atoms with Crippen LogP contribution in [0.15, 0.2) is 41.2 Å². The van der Waals surface area contributed by atoms with Gasteiger partial charge in [-0.3, -0.25) is 9.32 Å². The van der Waals surface area contributed by atoms with E-state index in [1.54, 1.807) is 0 Å². The fourth-order valence-electron chi connectivity index (χ4n) is 2.85. The van der Waals surface area contributed by atoms with Crippen LogP contribution in [0.1, 0.15) is 22.4 Å². The van der Waals surface area contributed by atoms with Crippen molar-refractivity contribution in [3.8, 4) is 17.6 Å². The van der Waals surface area contributed by atoms with Gasteiger partial charge >= 0.3 is 7.82 Å². The first kappa shape index (κ1) is 24.9. The topological polar surface area (TPSA) is 135 Å². The lowest BCUT2D eigenvalue weighted by Crippen LogP contribution is -2.27. The van der Waals surface area contributed by atoms with Gasteiger partial charge in [0.15, 0.2) is 18.3 Å². The van der Waals surface area contributed by atoms with Crippen molar-refractivity contribution in [3.05, 3.63) is 85.0 Å². The second-order valence-corrected chi connectivity index (χ2v) is 8.87. The summed E-state index contributed by atoms with van der Waals surface area (Å²) in [6, 6.07) is 10.3. The normalized spacial score (nSPS) is 11.3. The van der Waals surface area contributed by atoms with Crippen LogP contribution in [0.2, 0.25) is 10.0 Å².